The van der Waals surface area contributed by atoms with Crippen LogP contribution in [-0.2, 0) is 6.42 Å². The molecule has 2 N–H and O–H groups in total. The van der Waals surface area contributed by atoms with Crippen LogP contribution in [0.1, 0.15) is 56.1 Å². The molecule has 2 unspecified atom stereocenters. The van der Waals surface area contributed by atoms with Crippen LogP contribution in [-0.4, -0.2) is 23.3 Å². The van der Waals surface area contributed by atoms with Crippen LogP contribution in [0.5, 0.6) is 0 Å². The topological polar surface area (TPSA) is 40.5 Å². The Hall–Kier alpha value is -1.65. The number of hydrogen-bond acceptors (Lipinski definition) is 2. The zero-order valence-corrected chi connectivity index (χ0v) is 14.8. The minimum Gasteiger partial charge on any atom is -0.423 e. The first-order valence-electron chi connectivity index (χ1n) is 9.32. The van der Waals surface area contributed by atoms with Gasteiger partial charge in [-0.1, -0.05) is 55.8 Å². The van der Waals surface area contributed by atoms with Crippen LogP contribution in [0, 0.1) is 0 Å². The van der Waals surface area contributed by atoms with Crippen LogP contribution < -0.4 is 5.46 Å². The van der Waals surface area contributed by atoms with Gasteiger partial charge in [0.25, 0.3) is 0 Å². The maximum absolute atomic E-state index is 13.9. The van der Waals surface area contributed by atoms with Gasteiger partial charge in [0.1, 0.15) is 6.17 Å². The molecule has 4 heteroatoms. The fourth-order valence-electron chi connectivity index (χ4n) is 4.03. The van der Waals surface area contributed by atoms with Gasteiger partial charge in [0, 0.05) is 0 Å². The van der Waals surface area contributed by atoms with Gasteiger partial charge in [-0.3, -0.25) is 0 Å². The van der Waals surface area contributed by atoms with Crippen molar-refractivity contribution in [1.82, 2.24) is 0 Å². The summed E-state index contributed by atoms with van der Waals surface area (Å²) < 4.78 is 13.9. The van der Waals surface area contributed by atoms with Gasteiger partial charge < -0.3 is 10.0 Å². The van der Waals surface area contributed by atoms with Crippen molar-refractivity contribution in [1.29, 1.82) is 0 Å². The summed E-state index contributed by atoms with van der Waals surface area (Å²) in [6, 6.07) is 14.0. The standard InChI is InChI=1S/C21H26BFO2/c1-2-5-15-10-12-16(13-11-15)19-8-4-9-20(21(19)22(24)25)17-6-3-7-18(23)14-17/h4,8-13,17-18,24-25H,2-3,5-7,14H2,1H3. The summed E-state index contributed by atoms with van der Waals surface area (Å²) in [4.78, 5) is 0. The van der Waals surface area contributed by atoms with E-state index in [4.69, 9.17) is 0 Å². The van der Waals surface area contributed by atoms with Gasteiger partial charge in [-0.25, -0.2) is 4.39 Å². The Labute approximate surface area is 149 Å². The summed E-state index contributed by atoms with van der Waals surface area (Å²) in [6.45, 7) is 2.15. The minimum atomic E-state index is -1.55. The molecule has 132 valence electrons. The molecule has 0 radical (unpaired) electrons. The highest BCUT2D eigenvalue weighted by Gasteiger charge is 2.29. The molecule has 0 heterocycles. The number of halogens is 1. The van der Waals surface area contributed by atoms with Crippen LogP contribution in [0.15, 0.2) is 42.5 Å². The van der Waals surface area contributed by atoms with Gasteiger partial charge in [-0.2, -0.15) is 0 Å². The molecule has 0 bridgehead atoms. The van der Waals surface area contributed by atoms with Crippen LogP contribution in [0.3, 0.4) is 0 Å². The molecule has 1 aliphatic carbocycles. The second-order valence-electron chi connectivity index (χ2n) is 7.09. The van der Waals surface area contributed by atoms with Crippen molar-refractivity contribution in [3.05, 3.63) is 53.6 Å². The zero-order valence-electron chi connectivity index (χ0n) is 14.8. The van der Waals surface area contributed by atoms with Crippen molar-refractivity contribution in [2.45, 2.75) is 57.5 Å². The molecule has 1 saturated carbocycles. The maximum atomic E-state index is 13.9. The lowest BCUT2D eigenvalue weighted by Gasteiger charge is -2.28. The Kier molecular flexibility index (Phi) is 5.92. The molecule has 0 aromatic heterocycles. The van der Waals surface area contributed by atoms with Crippen molar-refractivity contribution in [2.75, 3.05) is 0 Å². The van der Waals surface area contributed by atoms with Crippen molar-refractivity contribution >= 4 is 12.6 Å². The molecule has 2 aromatic rings. The Morgan fingerprint density at radius 2 is 1.84 bits per heavy atom. The summed E-state index contributed by atoms with van der Waals surface area (Å²) in [5.41, 5.74) is 4.49. The first-order chi connectivity index (χ1) is 12.1. The van der Waals surface area contributed by atoms with E-state index in [1.54, 1.807) is 0 Å². The zero-order chi connectivity index (χ0) is 17.8. The van der Waals surface area contributed by atoms with Crippen LogP contribution in [0.25, 0.3) is 11.1 Å². The average Bonchev–Trinajstić information content (AvgIpc) is 2.62. The first kappa shape index (κ1) is 18.2. The normalized spacial score (nSPS) is 20.5. The van der Waals surface area contributed by atoms with Crippen LogP contribution in [0.2, 0.25) is 0 Å². The van der Waals surface area contributed by atoms with E-state index in [1.165, 1.54) is 5.56 Å². The van der Waals surface area contributed by atoms with Crippen molar-refractivity contribution < 1.29 is 14.4 Å². The fraction of sp³-hybridized carbons (Fsp3) is 0.429. The average molecular weight is 340 g/mol. The van der Waals surface area contributed by atoms with E-state index in [2.05, 4.69) is 19.1 Å². The third-order valence-corrected chi connectivity index (χ3v) is 5.25. The van der Waals surface area contributed by atoms with Crippen molar-refractivity contribution in [3.8, 4) is 11.1 Å². The Balaban J connectivity index is 2.00. The highest BCUT2D eigenvalue weighted by atomic mass is 19.1. The molecule has 0 amide bonds. The number of aryl methyl sites for hydroxylation is 1. The molecule has 0 saturated heterocycles. The van der Waals surface area contributed by atoms with Gasteiger partial charge >= 0.3 is 7.12 Å². The third kappa shape index (κ3) is 4.13. The molecule has 2 nitrogen and oxygen atoms in total. The Morgan fingerprint density at radius 3 is 2.48 bits per heavy atom. The Morgan fingerprint density at radius 1 is 1.08 bits per heavy atom. The quantitative estimate of drug-likeness (QED) is 0.809. The molecule has 0 spiro atoms. The summed E-state index contributed by atoms with van der Waals surface area (Å²) in [6.07, 6.45) is 4.18. The number of benzene rings is 2. The first-order valence-corrected chi connectivity index (χ1v) is 9.32. The summed E-state index contributed by atoms with van der Waals surface area (Å²) in [7, 11) is -1.55. The second kappa shape index (κ2) is 8.16. The molecule has 1 fully saturated rings. The molecular weight excluding hydrogens is 314 g/mol. The number of hydrogen-bond donors (Lipinski definition) is 2. The lowest BCUT2D eigenvalue weighted by molar-refractivity contribution is 0.231. The largest absolute Gasteiger partial charge is 0.489 e. The van der Waals surface area contributed by atoms with Gasteiger partial charge in [0.05, 0.1) is 0 Å². The van der Waals surface area contributed by atoms with E-state index < -0.39 is 13.3 Å². The van der Waals surface area contributed by atoms with Gasteiger partial charge in [0.15, 0.2) is 0 Å². The van der Waals surface area contributed by atoms with Crippen LogP contribution >= 0.6 is 0 Å². The Bertz CT molecular complexity index is 700. The predicted octanol–water partition coefficient (Wildman–Crippen LogP) is 3.98. The molecule has 2 atom stereocenters. The monoisotopic (exact) mass is 340 g/mol. The molecule has 1 aliphatic rings. The predicted molar refractivity (Wildman–Crippen MR) is 102 cm³/mol. The maximum Gasteiger partial charge on any atom is 0.489 e. The van der Waals surface area contributed by atoms with Crippen LogP contribution in [0.4, 0.5) is 4.39 Å². The van der Waals surface area contributed by atoms with E-state index >= 15 is 0 Å². The second-order valence-corrected chi connectivity index (χ2v) is 7.09. The van der Waals surface area contributed by atoms with Gasteiger partial charge in [-0.05, 0) is 65.7 Å². The van der Waals surface area contributed by atoms with E-state index in [0.717, 1.165) is 42.4 Å². The van der Waals surface area contributed by atoms with E-state index in [0.29, 0.717) is 18.3 Å². The third-order valence-electron chi connectivity index (χ3n) is 5.25. The van der Waals surface area contributed by atoms with E-state index in [-0.39, 0.29) is 5.92 Å². The van der Waals surface area contributed by atoms with E-state index in [9.17, 15) is 14.4 Å². The smallest absolute Gasteiger partial charge is 0.423 e. The van der Waals surface area contributed by atoms with Crippen molar-refractivity contribution in [2.24, 2.45) is 0 Å². The number of rotatable bonds is 5. The molecule has 2 aromatic carbocycles. The fourth-order valence-corrected chi connectivity index (χ4v) is 4.03. The highest BCUT2D eigenvalue weighted by molar-refractivity contribution is 6.61. The highest BCUT2D eigenvalue weighted by Crippen LogP contribution is 2.35. The molecule has 3 rings (SSSR count). The molecule has 25 heavy (non-hydrogen) atoms. The SMILES string of the molecule is CCCc1ccc(-c2cccc(C3CCCC(F)C3)c2B(O)O)cc1. The minimum absolute atomic E-state index is 0.0554. The lowest BCUT2D eigenvalue weighted by atomic mass is 9.68. The summed E-state index contributed by atoms with van der Waals surface area (Å²) >= 11 is 0. The summed E-state index contributed by atoms with van der Waals surface area (Å²) in [5.74, 6) is 0.0554. The van der Waals surface area contributed by atoms with E-state index in [1.807, 2.05) is 30.3 Å². The van der Waals surface area contributed by atoms with Crippen molar-refractivity contribution in [3.63, 3.8) is 0 Å². The summed E-state index contributed by atoms with van der Waals surface area (Å²) in [5, 5.41) is 20.1. The molecule has 0 aliphatic heterocycles. The van der Waals surface area contributed by atoms with Gasteiger partial charge in [-0.15, -0.1) is 0 Å². The number of alkyl halides is 1. The molecular formula is C21H26BFO2. The lowest BCUT2D eigenvalue weighted by Crippen LogP contribution is -2.36. The van der Waals surface area contributed by atoms with Gasteiger partial charge in [0.2, 0.25) is 0 Å².